The quantitative estimate of drug-likeness (QED) is 0.291. The van der Waals surface area contributed by atoms with Crippen LogP contribution in [0.5, 0.6) is 0 Å². The molecule has 0 atom stereocenters. The standard InChI is InChI=1S/C25H20BrClN2/c1-16(18-6-4-3-5-7-18)25(19-8-11-21(27)12-9-19)29-17(2)23-15-28-24-13-10-20(26)14-22(23)24/h3-15,28-29H,2H2,1H3/b25-16+. The topological polar surface area (TPSA) is 27.8 Å². The van der Waals surface area contributed by atoms with Gasteiger partial charge in [-0.2, -0.15) is 0 Å². The zero-order valence-electron chi connectivity index (χ0n) is 16.0. The second kappa shape index (κ2) is 8.32. The monoisotopic (exact) mass is 462 g/mol. The molecule has 0 aliphatic heterocycles. The summed E-state index contributed by atoms with van der Waals surface area (Å²) in [5.74, 6) is 0. The molecule has 0 aliphatic carbocycles. The van der Waals surface area contributed by atoms with Crippen molar-refractivity contribution in [3.8, 4) is 0 Å². The Bertz CT molecular complexity index is 1200. The molecule has 1 aromatic heterocycles. The number of benzene rings is 3. The van der Waals surface area contributed by atoms with Crippen LogP contribution in [0.15, 0.2) is 90.0 Å². The van der Waals surface area contributed by atoms with Crippen molar-refractivity contribution in [3.05, 3.63) is 112 Å². The molecule has 0 radical (unpaired) electrons. The highest BCUT2D eigenvalue weighted by Crippen LogP contribution is 2.30. The Hall–Kier alpha value is -2.75. The summed E-state index contributed by atoms with van der Waals surface area (Å²) >= 11 is 9.68. The average Bonchev–Trinajstić information content (AvgIpc) is 3.16. The van der Waals surface area contributed by atoms with Crippen molar-refractivity contribution in [2.45, 2.75) is 6.92 Å². The molecule has 0 unspecified atom stereocenters. The van der Waals surface area contributed by atoms with Crippen LogP contribution in [0, 0.1) is 0 Å². The molecule has 0 aliphatic rings. The van der Waals surface area contributed by atoms with Crippen LogP contribution in [0.2, 0.25) is 5.02 Å². The zero-order chi connectivity index (χ0) is 20.4. The van der Waals surface area contributed by atoms with E-state index in [0.717, 1.165) is 49.0 Å². The van der Waals surface area contributed by atoms with Gasteiger partial charge < -0.3 is 10.3 Å². The van der Waals surface area contributed by atoms with Crippen molar-refractivity contribution in [1.82, 2.24) is 10.3 Å². The number of hydrogen-bond acceptors (Lipinski definition) is 1. The van der Waals surface area contributed by atoms with Crippen molar-refractivity contribution in [3.63, 3.8) is 0 Å². The second-order valence-corrected chi connectivity index (χ2v) is 8.22. The van der Waals surface area contributed by atoms with Crippen molar-refractivity contribution in [2.24, 2.45) is 0 Å². The van der Waals surface area contributed by atoms with E-state index in [9.17, 15) is 0 Å². The van der Waals surface area contributed by atoms with E-state index in [2.05, 4.69) is 64.0 Å². The van der Waals surface area contributed by atoms with E-state index in [4.69, 9.17) is 11.6 Å². The molecule has 29 heavy (non-hydrogen) atoms. The number of rotatable bonds is 5. The summed E-state index contributed by atoms with van der Waals surface area (Å²) in [5, 5.41) is 5.40. The van der Waals surface area contributed by atoms with Gasteiger partial charge in [0.25, 0.3) is 0 Å². The Morgan fingerprint density at radius 2 is 1.69 bits per heavy atom. The number of hydrogen-bond donors (Lipinski definition) is 2. The van der Waals surface area contributed by atoms with Gasteiger partial charge in [0, 0.05) is 43.6 Å². The van der Waals surface area contributed by atoms with Gasteiger partial charge in [0.1, 0.15) is 0 Å². The minimum absolute atomic E-state index is 0.714. The summed E-state index contributed by atoms with van der Waals surface area (Å²) in [6, 6.07) is 24.4. The third-order valence-electron chi connectivity index (χ3n) is 4.96. The fourth-order valence-corrected chi connectivity index (χ4v) is 3.88. The predicted octanol–water partition coefficient (Wildman–Crippen LogP) is 7.73. The first-order valence-electron chi connectivity index (χ1n) is 9.28. The van der Waals surface area contributed by atoms with E-state index in [1.807, 2.05) is 54.7 Å². The molecular formula is C25H20BrClN2. The molecule has 0 saturated carbocycles. The van der Waals surface area contributed by atoms with Crippen LogP contribution in [0.1, 0.15) is 23.6 Å². The average molecular weight is 464 g/mol. The molecule has 0 fully saturated rings. The minimum Gasteiger partial charge on any atom is -0.360 e. The number of aromatic nitrogens is 1. The number of nitrogens with one attached hydrogen (secondary N) is 2. The van der Waals surface area contributed by atoms with Crippen LogP contribution >= 0.6 is 27.5 Å². The lowest BCUT2D eigenvalue weighted by Crippen LogP contribution is -2.11. The lowest BCUT2D eigenvalue weighted by molar-refractivity contribution is 1.24. The molecule has 0 spiro atoms. The number of H-pyrrole nitrogens is 1. The molecule has 2 nitrogen and oxygen atoms in total. The largest absolute Gasteiger partial charge is 0.360 e. The van der Waals surface area contributed by atoms with Crippen LogP contribution in [0.4, 0.5) is 0 Å². The van der Waals surface area contributed by atoms with Crippen molar-refractivity contribution >= 4 is 55.4 Å². The summed E-state index contributed by atoms with van der Waals surface area (Å²) in [6.07, 6.45) is 1.99. The van der Waals surface area contributed by atoms with Crippen LogP contribution in [-0.4, -0.2) is 4.98 Å². The smallest absolute Gasteiger partial charge is 0.0493 e. The summed E-state index contributed by atoms with van der Waals surface area (Å²) in [4.78, 5) is 3.32. The normalized spacial score (nSPS) is 12.0. The minimum atomic E-state index is 0.714. The van der Waals surface area contributed by atoms with Gasteiger partial charge >= 0.3 is 0 Å². The van der Waals surface area contributed by atoms with E-state index >= 15 is 0 Å². The summed E-state index contributed by atoms with van der Waals surface area (Å²) < 4.78 is 1.03. The Kier molecular flexibility index (Phi) is 5.61. The third-order valence-corrected chi connectivity index (χ3v) is 5.70. The number of allylic oxidation sites excluding steroid dienone is 1. The van der Waals surface area contributed by atoms with E-state index in [0.29, 0.717) is 5.02 Å². The van der Waals surface area contributed by atoms with Crippen LogP contribution in [0.25, 0.3) is 27.9 Å². The van der Waals surface area contributed by atoms with Gasteiger partial charge in [-0.05, 0) is 54.0 Å². The van der Waals surface area contributed by atoms with Gasteiger partial charge in [0.15, 0.2) is 0 Å². The van der Waals surface area contributed by atoms with Gasteiger partial charge in [0.2, 0.25) is 0 Å². The maximum Gasteiger partial charge on any atom is 0.0493 e. The maximum atomic E-state index is 6.12. The SMILES string of the molecule is C=C(N/C(=C(\C)c1ccccc1)c1ccc(Cl)cc1)c1c[nH]c2ccc(Br)cc12. The lowest BCUT2D eigenvalue weighted by atomic mass is 10.00. The van der Waals surface area contributed by atoms with E-state index in [-0.39, 0.29) is 0 Å². The Balaban J connectivity index is 1.78. The van der Waals surface area contributed by atoms with Gasteiger partial charge in [-0.25, -0.2) is 0 Å². The van der Waals surface area contributed by atoms with Crippen LogP contribution in [-0.2, 0) is 0 Å². The first-order chi connectivity index (χ1) is 14.0. The van der Waals surface area contributed by atoms with E-state index in [1.165, 1.54) is 0 Å². The van der Waals surface area contributed by atoms with Crippen LogP contribution < -0.4 is 5.32 Å². The molecule has 0 bridgehead atoms. The molecule has 4 heteroatoms. The number of halogens is 2. The fourth-order valence-electron chi connectivity index (χ4n) is 3.39. The molecule has 4 rings (SSSR count). The molecule has 2 N–H and O–H groups in total. The van der Waals surface area contributed by atoms with E-state index < -0.39 is 0 Å². The number of fused-ring (bicyclic) bond motifs is 1. The molecule has 0 amide bonds. The Morgan fingerprint density at radius 3 is 2.41 bits per heavy atom. The molecule has 0 saturated heterocycles. The third kappa shape index (κ3) is 4.16. The summed E-state index contributed by atoms with van der Waals surface area (Å²) in [5.41, 5.74) is 7.28. The zero-order valence-corrected chi connectivity index (χ0v) is 18.3. The highest BCUT2D eigenvalue weighted by Gasteiger charge is 2.13. The summed E-state index contributed by atoms with van der Waals surface area (Å²) in [6.45, 7) is 6.45. The van der Waals surface area contributed by atoms with Gasteiger partial charge in [-0.15, -0.1) is 0 Å². The van der Waals surface area contributed by atoms with Crippen molar-refractivity contribution in [2.75, 3.05) is 0 Å². The lowest BCUT2D eigenvalue weighted by Gasteiger charge is -2.18. The highest BCUT2D eigenvalue weighted by atomic mass is 79.9. The predicted molar refractivity (Wildman–Crippen MR) is 129 cm³/mol. The van der Waals surface area contributed by atoms with Gasteiger partial charge in [0.05, 0.1) is 0 Å². The molecule has 1 heterocycles. The molecule has 144 valence electrons. The first kappa shape index (κ1) is 19.6. The number of aromatic amines is 1. The van der Waals surface area contributed by atoms with E-state index in [1.54, 1.807) is 0 Å². The second-order valence-electron chi connectivity index (χ2n) is 6.87. The maximum absolute atomic E-state index is 6.12. The van der Waals surface area contributed by atoms with Gasteiger partial charge in [-0.1, -0.05) is 76.6 Å². The molecule has 4 aromatic rings. The first-order valence-corrected chi connectivity index (χ1v) is 10.4. The van der Waals surface area contributed by atoms with Gasteiger partial charge in [-0.3, -0.25) is 0 Å². The summed E-state index contributed by atoms with van der Waals surface area (Å²) in [7, 11) is 0. The fraction of sp³-hybridized carbons (Fsp3) is 0.0400. The highest BCUT2D eigenvalue weighted by molar-refractivity contribution is 9.10. The van der Waals surface area contributed by atoms with Crippen molar-refractivity contribution < 1.29 is 0 Å². The molecule has 3 aromatic carbocycles. The van der Waals surface area contributed by atoms with Crippen LogP contribution in [0.3, 0.4) is 0 Å². The Labute approximate surface area is 184 Å². The Morgan fingerprint density at radius 1 is 0.966 bits per heavy atom. The molecular weight excluding hydrogens is 444 g/mol. The van der Waals surface area contributed by atoms with Crippen molar-refractivity contribution in [1.29, 1.82) is 0 Å².